The van der Waals surface area contributed by atoms with Crippen LogP contribution in [0, 0.1) is 0 Å². The Bertz CT molecular complexity index is 2450. The smallest absolute Gasteiger partial charge is 0.452 e. The van der Waals surface area contributed by atoms with Crippen molar-refractivity contribution in [2.24, 2.45) is 0 Å². The van der Waals surface area contributed by atoms with Crippen molar-refractivity contribution in [3.8, 4) is 11.5 Å². The van der Waals surface area contributed by atoms with Crippen LogP contribution in [-0.2, 0) is 32.8 Å². The average Bonchev–Trinajstić information content (AvgIpc) is 3.34. The fraction of sp³-hybridized carbons (Fsp3) is 0.214. The monoisotopic (exact) mass is 938 g/mol. The van der Waals surface area contributed by atoms with Crippen LogP contribution in [0.3, 0.4) is 0 Å². The van der Waals surface area contributed by atoms with Gasteiger partial charge in [0, 0.05) is 37.6 Å². The summed E-state index contributed by atoms with van der Waals surface area (Å²) in [6.07, 6.45) is 14.7. The third kappa shape index (κ3) is 14.6. The summed E-state index contributed by atoms with van der Waals surface area (Å²) in [4.78, 5) is 20.5. The van der Waals surface area contributed by atoms with Crippen LogP contribution in [0.25, 0.3) is 48.6 Å². The lowest BCUT2D eigenvalue weighted by Gasteiger charge is -2.45. The van der Waals surface area contributed by atoms with Crippen molar-refractivity contribution in [2.75, 3.05) is 33.0 Å². The summed E-state index contributed by atoms with van der Waals surface area (Å²) in [5.41, 5.74) is 7.10. The molecule has 12 heteroatoms. The normalized spacial score (nSPS) is 13.0. The van der Waals surface area contributed by atoms with Crippen molar-refractivity contribution >= 4 is 56.4 Å². The largest absolute Gasteiger partial charge is 0.474 e. The molecule has 11 nitrogen and oxygen atoms in total. The quantitative estimate of drug-likeness (QED) is 0.0306. The van der Waals surface area contributed by atoms with E-state index in [-0.39, 0.29) is 26.4 Å². The van der Waals surface area contributed by atoms with Crippen LogP contribution in [0.2, 0.25) is 0 Å². The van der Waals surface area contributed by atoms with Gasteiger partial charge in [0.1, 0.15) is 18.1 Å². The van der Waals surface area contributed by atoms with Crippen LogP contribution in [-0.4, -0.2) is 61.1 Å². The van der Waals surface area contributed by atoms with E-state index in [1.807, 2.05) is 206 Å². The molecule has 0 heterocycles. The summed E-state index contributed by atoms with van der Waals surface area (Å²) in [6, 6.07) is 51.2. The van der Waals surface area contributed by atoms with Crippen LogP contribution in [0.5, 0.6) is 11.5 Å². The van der Waals surface area contributed by atoms with E-state index in [0.717, 1.165) is 44.5 Å². The first-order valence-electron chi connectivity index (χ1n) is 22.6. The summed E-state index contributed by atoms with van der Waals surface area (Å²) in [5, 5.41) is 0. The Morgan fingerprint density at radius 3 is 1.10 bits per heavy atom. The summed E-state index contributed by atoms with van der Waals surface area (Å²) >= 11 is 0. The SMILES string of the molecule is CCOC(OCC)(OCC(Oc1cccc(C=Cc2ccccc2)c1C=Cc1ccccc1)Oc1cccc(C=Cc2ccccc2)c1C=Cc1ccccc1)C(OCC)(OCC)OP(=O)(O)O. The van der Waals surface area contributed by atoms with E-state index in [2.05, 4.69) is 0 Å². The Morgan fingerprint density at radius 2 is 0.765 bits per heavy atom. The molecular formula is C56H59O11P. The van der Waals surface area contributed by atoms with Crippen molar-refractivity contribution in [1.82, 2.24) is 0 Å². The number of hydrogen-bond donors (Lipinski definition) is 2. The summed E-state index contributed by atoms with van der Waals surface area (Å²) < 4.78 is 62.5. The fourth-order valence-electron chi connectivity index (χ4n) is 7.15. The lowest BCUT2D eigenvalue weighted by molar-refractivity contribution is -0.547. The predicted molar refractivity (Wildman–Crippen MR) is 270 cm³/mol. The Balaban J connectivity index is 1.52. The maximum atomic E-state index is 12.7. The lowest BCUT2D eigenvalue weighted by Crippen LogP contribution is -2.64. The highest BCUT2D eigenvalue weighted by Gasteiger charge is 2.64. The zero-order chi connectivity index (χ0) is 48.1. The molecule has 0 aromatic heterocycles. The Kier molecular flexibility index (Phi) is 19.4. The molecule has 0 atom stereocenters. The molecule has 6 rings (SSSR count). The molecule has 6 aromatic carbocycles. The van der Waals surface area contributed by atoms with E-state index < -0.39 is 32.7 Å². The van der Waals surface area contributed by atoms with E-state index in [1.165, 1.54) is 0 Å². The number of benzene rings is 6. The molecule has 6 aromatic rings. The summed E-state index contributed by atoms with van der Waals surface area (Å²) in [6.45, 7) is 5.53. The van der Waals surface area contributed by atoms with Gasteiger partial charge in [-0.05, 0) is 73.2 Å². The van der Waals surface area contributed by atoms with Crippen molar-refractivity contribution < 1.29 is 52.0 Å². The minimum absolute atomic E-state index is 0.0900. The Hall–Kier alpha value is -6.21. The van der Waals surface area contributed by atoms with Crippen molar-refractivity contribution in [2.45, 2.75) is 45.9 Å². The van der Waals surface area contributed by atoms with Gasteiger partial charge in [-0.15, -0.1) is 0 Å². The van der Waals surface area contributed by atoms with E-state index in [1.54, 1.807) is 27.7 Å². The van der Waals surface area contributed by atoms with Gasteiger partial charge in [0.15, 0.2) is 0 Å². The van der Waals surface area contributed by atoms with Crippen LogP contribution in [0.4, 0.5) is 0 Å². The molecule has 0 bridgehead atoms. The Morgan fingerprint density at radius 1 is 0.426 bits per heavy atom. The highest BCUT2D eigenvalue weighted by atomic mass is 31.2. The molecule has 0 unspecified atom stereocenters. The van der Waals surface area contributed by atoms with Gasteiger partial charge in [0.05, 0.1) is 0 Å². The molecule has 0 spiro atoms. The number of phosphoric acid groups is 1. The van der Waals surface area contributed by atoms with E-state index in [9.17, 15) is 14.4 Å². The molecular weight excluding hydrogens is 880 g/mol. The van der Waals surface area contributed by atoms with E-state index in [4.69, 9.17) is 37.7 Å². The molecule has 0 aliphatic heterocycles. The second kappa shape index (κ2) is 25.8. The van der Waals surface area contributed by atoms with E-state index in [0.29, 0.717) is 11.5 Å². The highest BCUT2D eigenvalue weighted by Crippen LogP contribution is 2.49. The lowest BCUT2D eigenvalue weighted by atomic mass is 10.0. The van der Waals surface area contributed by atoms with E-state index >= 15 is 0 Å². The first-order chi connectivity index (χ1) is 33.1. The van der Waals surface area contributed by atoms with Crippen LogP contribution in [0.1, 0.15) is 72.2 Å². The molecule has 0 saturated heterocycles. The van der Waals surface area contributed by atoms with Gasteiger partial charge in [0.2, 0.25) is 0 Å². The molecule has 0 aliphatic rings. The van der Waals surface area contributed by atoms with Gasteiger partial charge in [-0.1, -0.05) is 194 Å². The van der Waals surface area contributed by atoms with Gasteiger partial charge in [-0.25, -0.2) is 9.09 Å². The molecule has 0 fully saturated rings. The maximum Gasteiger partial charge on any atom is 0.474 e. The predicted octanol–water partition coefficient (Wildman–Crippen LogP) is 12.7. The average molecular weight is 939 g/mol. The first-order valence-corrected chi connectivity index (χ1v) is 24.1. The number of phosphoric ester groups is 1. The molecule has 0 radical (unpaired) electrons. The van der Waals surface area contributed by atoms with Gasteiger partial charge in [-0.2, -0.15) is 0 Å². The van der Waals surface area contributed by atoms with Crippen LogP contribution in [0.15, 0.2) is 158 Å². The van der Waals surface area contributed by atoms with Crippen molar-refractivity contribution in [1.29, 1.82) is 0 Å². The van der Waals surface area contributed by atoms with Gasteiger partial charge in [0.25, 0.3) is 6.29 Å². The second-order valence-electron chi connectivity index (χ2n) is 14.9. The standard InChI is InChI=1S/C56H59O11P/c1-5-60-55(61-6-2,56(62-7-3,63-8-4)67-68(57,58)59)64-43-54(65-52-33-21-31-48(39-35-44-23-13-9-14-24-44)50(52)41-37-46-27-17-11-18-28-46)66-53-34-22-32-49(40-36-45-25-15-10-16-26-45)51(53)42-38-47-29-19-12-20-30-47/h9-42,54H,5-8,43H2,1-4H3,(H2,57,58,59). The molecule has 0 aliphatic carbocycles. The zero-order valence-electron chi connectivity index (χ0n) is 38.8. The second-order valence-corrected chi connectivity index (χ2v) is 16.1. The van der Waals surface area contributed by atoms with Crippen LogP contribution < -0.4 is 9.47 Å². The maximum absolute atomic E-state index is 12.7. The molecule has 2 N–H and O–H groups in total. The third-order valence-corrected chi connectivity index (χ3v) is 10.5. The molecule has 68 heavy (non-hydrogen) atoms. The number of hydrogen-bond acceptors (Lipinski definition) is 9. The van der Waals surface area contributed by atoms with Crippen LogP contribution >= 0.6 is 7.82 Å². The molecule has 354 valence electrons. The number of rotatable bonds is 26. The van der Waals surface area contributed by atoms with Crippen molar-refractivity contribution in [3.63, 3.8) is 0 Å². The van der Waals surface area contributed by atoms with Crippen molar-refractivity contribution in [3.05, 3.63) is 202 Å². The van der Waals surface area contributed by atoms with Gasteiger partial charge < -0.3 is 42.9 Å². The van der Waals surface area contributed by atoms with Gasteiger partial charge in [-0.3, -0.25) is 0 Å². The fourth-order valence-corrected chi connectivity index (χ4v) is 7.68. The topological polar surface area (TPSA) is 131 Å². The first kappa shape index (κ1) is 51.2. The minimum Gasteiger partial charge on any atom is -0.452 e. The number of ether oxygens (including phenoxy) is 7. The highest BCUT2D eigenvalue weighted by molar-refractivity contribution is 7.46. The summed E-state index contributed by atoms with van der Waals surface area (Å²) in [5.74, 6) is -4.42. The third-order valence-electron chi connectivity index (χ3n) is 10.1. The summed E-state index contributed by atoms with van der Waals surface area (Å²) in [7, 11) is -5.38. The minimum atomic E-state index is -5.38. The zero-order valence-corrected chi connectivity index (χ0v) is 39.7. The molecule has 0 saturated carbocycles. The molecule has 0 amide bonds. The Labute approximate surface area is 399 Å². The van der Waals surface area contributed by atoms with Gasteiger partial charge >= 0.3 is 19.8 Å².